The molecular formula is C9H10N2S4. The smallest absolute Gasteiger partial charge is 0.135 e. The number of para-hydroxylation sites is 1. The fourth-order valence-electron chi connectivity index (χ4n) is 1.16. The Labute approximate surface area is 111 Å². The second-order valence-electron chi connectivity index (χ2n) is 2.86. The third kappa shape index (κ3) is 3.98. The molecule has 1 rings (SSSR count). The zero-order valence-electron chi connectivity index (χ0n) is 7.94. The lowest BCUT2D eigenvalue weighted by Gasteiger charge is -2.14. The number of thiol groups is 2. The fraction of sp³-hybridized carbons (Fsp3) is 0.111. The van der Waals surface area contributed by atoms with Crippen LogP contribution in [0.4, 0.5) is 11.4 Å². The largest absolute Gasteiger partial charge is 0.340 e. The molecule has 15 heavy (non-hydrogen) atoms. The average molecular weight is 274 g/mol. The molecule has 0 aliphatic rings. The van der Waals surface area contributed by atoms with E-state index in [1.807, 2.05) is 25.1 Å². The summed E-state index contributed by atoms with van der Waals surface area (Å²) in [5, 5.41) is 5.95. The van der Waals surface area contributed by atoms with Gasteiger partial charge in [0.2, 0.25) is 0 Å². The molecule has 0 radical (unpaired) electrons. The molecule has 0 aliphatic heterocycles. The quantitative estimate of drug-likeness (QED) is 0.491. The summed E-state index contributed by atoms with van der Waals surface area (Å²) in [6.07, 6.45) is 0. The van der Waals surface area contributed by atoms with Crippen LogP contribution in [0.5, 0.6) is 0 Å². The van der Waals surface area contributed by atoms with Crippen molar-refractivity contribution >= 4 is 69.7 Å². The van der Waals surface area contributed by atoms with Gasteiger partial charge in [0.05, 0.1) is 11.4 Å². The highest BCUT2D eigenvalue weighted by atomic mass is 32.1. The van der Waals surface area contributed by atoms with E-state index in [-0.39, 0.29) is 0 Å². The number of aryl methyl sites for hydroxylation is 1. The normalized spacial score (nSPS) is 9.53. The number of rotatable bonds is 2. The number of benzene rings is 1. The molecule has 0 saturated carbocycles. The van der Waals surface area contributed by atoms with Crippen molar-refractivity contribution in [3.8, 4) is 0 Å². The second-order valence-corrected chi connectivity index (χ2v) is 5.17. The Morgan fingerprint density at radius 1 is 1.13 bits per heavy atom. The van der Waals surface area contributed by atoms with Gasteiger partial charge in [-0.3, -0.25) is 0 Å². The molecular weight excluding hydrogens is 264 g/mol. The lowest BCUT2D eigenvalue weighted by Crippen LogP contribution is -2.09. The SMILES string of the molecule is Cc1cccc(NC(=S)S)c1NC(=S)S. The van der Waals surface area contributed by atoms with Gasteiger partial charge in [-0.1, -0.05) is 36.6 Å². The third-order valence-corrected chi connectivity index (χ3v) is 2.17. The van der Waals surface area contributed by atoms with Crippen LogP contribution in [0.1, 0.15) is 5.56 Å². The first-order valence-electron chi connectivity index (χ1n) is 4.10. The maximum atomic E-state index is 4.88. The maximum absolute atomic E-state index is 4.88. The summed E-state index contributed by atoms with van der Waals surface area (Å²) < 4.78 is 0.825. The van der Waals surface area contributed by atoms with E-state index in [2.05, 4.69) is 35.9 Å². The average Bonchev–Trinajstić information content (AvgIpc) is 2.09. The van der Waals surface area contributed by atoms with E-state index >= 15 is 0 Å². The van der Waals surface area contributed by atoms with Crippen LogP contribution < -0.4 is 10.6 Å². The van der Waals surface area contributed by atoms with E-state index in [0.717, 1.165) is 16.9 Å². The van der Waals surface area contributed by atoms with Crippen molar-refractivity contribution in [3.63, 3.8) is 0 Å². The van der Waals surface area contributed by atoms with Gasteiger partial charge in [-0.05, 0) is 18.6 Å². The first-order chi connectivity index (χ1) is 7.00. The van der Waals surface area contributed by atoms with Gasteiger partial charge in [-0.2, -0.15) is 0 Å². The molecule has 0 heterocycles. The van der Waals surface area contributed by atoms with Crippen molar-refractivity contribution in [1.29, 1.82) is 0 Å². The van der Waals surface area contributed by atoms with E-state index in [1.54, 1.807) is 0 Å². The number of nitrogens with one attached hydrogen (secondary N) is 2. The summed E-state index contributed by atoms with van der Waals surface area (Å²) in [5.74, 6) is 0. The molecule has 2 N–H and O–H groups in total. The molecule has 0 aliphatic carbocycles. The standard InChI is InChI=1S/C9H10N2S4/c1-5-3-2-4-6(10-8(12)13)7(5)11-9(14)15/h2-4H,1H3,(H2,10,12,13)(H2,11,14,15). The topological polar surface area (TPSA) is 24.1 Å². The molecule has 0 aromatic heterocycles. The number of thiocarbonyl (C=S) groups is 2. The summed E-state index contributed by atoms with van der Waals surface area (Å²) in [5.41, 5.74) is 2.77. The summed E-state index contributed by atoms with van der Waals surface area (Å²) in [6, 6.07) is 5.79. The van der Waals surface area contributed by atoms with Gasteiger partial charge >= 0.3 is 0 Å². The molecule has 2 nitrogen and oxygen atoms in total. The Balaban J connectivity index is 3.08. The highest BCUT2D eigenvalue weighted by Crippen LogP contribution is 2.26. The van der Waals surface area contributed by atoms with Crippen LogP contribution in [0.3, 0.4) is 0 Å². The Morgan fingerprint density at radius 2 is 1.73 bits per heavy atom. The minimum absolute atomic E-state index is 0.411. The summed E-state index contributed by atoms with van der Waals surface area (Å²) in [7, 11) is 0. The zero-order valence-corrected chi connectivity index (χ0v) is 11.4. The van der Waals surface area contributed by atoms with E-state index in [9.17, 15) is 0 Å². The minimum Gasteiger partial charge on any atom is -0.340 e. The van der Waals surface area contributed by atoms with Crippen LogP contribution in [0.25, 0.3) is 0 Å². The van der Waals surface area contributed by atoms with Gasteiger partial charge in [0.15, 0.2) is 0 Å². The van der Waals surface area contributed by atoms with Crippen molar-refractivity contribution in [2.75, 3.05) is 10.6 Å². The molecule has 0 amide bonds. The Hall–Kier alpha value is -0.300. The van der Waals surface area contributed by atoms with Crippen LogP contribution in [0, 0.1) is 6.92 Å². The molecule has 0 spiro atoms. The number of hydrogen-bond acceptors (Lipinski definition) is 2. The Morgan fingerprint density at radius 3 is 2.27 bits per heavy atom. The van der Waals surface area contributed by atoms with Crippen molar-refractivity contribution in [1.82, 2.24) is 0 Å². The fourth-order valence-corrected chi connectivity index (χ4v) is 1.60. The van der Waals surface area contributed by atoms with E-state index < -0.39 is 0 Å². The first-order valence-corrected chi connectivity index (χ1v) is 5.81. The van der Waals surface area contributed by atoms with Crippen LogP contribution in [-0.2, 0) is 0 Å². The second kappa shape index (κ2) is 5.69. The third-order valence-electron chi connectivity index (χ3n) is 1.75. The molecule has 0 unspecified atom stereocenters. The van der Waals surface area contributed by atoms with Gasteiger partial charge < -0.3 is 10.6 Å². The van der Waals surface area contributed by atoms with Crippen LogP contribution in [-0.4, -0.2) is 8.64 Å². The van der Waals surface area contributed by atoms with E-state index in [4.69, 9.17) is 24.4 Å². The highest BCUT2D eigenvalue weighted by Gasteiger charge is 2.05. The summed E-state index contributed by atoms with van der Waals surface area (Å²) >= 11 is 17.8. The van der Waals surface area contributed by atoms with Crippen LogP contribution >= 0.6 is 49.7 Å². The predicted molar refractivity (Wildman–Crippen MR) is 81.6 cm³/mol. The van der Waals surface area contributed by atoms with Crippen molar-refractivity contribution in [3.05, 3.63) is 23.8 Å². The highest BCUT2D eigenvalue weighted by molar-refractivity contribution is 8.11. The van der Waals surface area contributed by atoms with Gasteiger partial charge in [0.1, 0.15) is 8.64 Å². The molecule has 0 fully saturated rings. The molecule has 6 heteroatoms. The van der Waals surface area contributed by atoms with E-state index in [1.165, 1.54) is 0 Å². The van der Waals surface area contributed by atoms with Gasteiger partial charge in [0.25, 0.3) is 0 Å². The first kappa shape index (κ1) is 12.8. The predicted octanol–water partition coefficient (Wildman–Crippen LogP) is 3.25. The molecule has 80 valence electrons. The van der Waals surface area contributed by atoms with Crippen LogP contribution in [0.15, 0.2) is 18.2 Å². The minimum atomic E-state index is 0.411. The summed E-state index contributed by atoms with van der Waals surface area (Å²) in [4.78, 5) is 0. The number of anilines is 2. The zero-order chi connectivity index (χ0) is 11.4. The maximum Gasteiger partial charge on any atom is 0.135 e. The lowest BCUT2D eigenvalue weighted by molar-refractivity contribution is 1.46. The molecule has 0 bridgehead atoms. The van der Waals surface area contributed by atoms with Crippen LogP contribution in [0.2, 0.25) is 0 Å². The Kier molecular flexibility index (Phi) is 4.85. The monoisotopic (exact) mass is 274 g/mol. The van der Waals surface area contributed by atoms with Gasteiger partial charge in [-0.15, -0.1) is 25.3 Å². The lowest BCUT2D eigenvalue weighted by atomic mass is 10.1. The molecule has 1 aromatic carbocycles. The molecule has 0 atom stereocenters. The van der Waals surface area contributed by atoms with Crippen molar-refractivity contribution in [2.45, 2.75) is 6.92 Å². The summed E-state index contributed by atoms with van der Waals surface area (Å²) in [6.45, 7) is 1.97. The molecule has 0 saturated heterocycles. The van der Waals surface area contributed by atoms with Gasteiger partial charge in [-0.25, -0.2) is 0 Å². The van der Waals surface area contributed by atoms with Crippen molar-refractivity contribution < 1.29 is 0 Å². The molecule has 1 aromatic rings. The van der Waals surface area contributed by atoms with E-state index in [0.29, 0.717) is 8.64 Å². The number of hydrogen-bond donors (Lipinski definition) is 4. The van der Waals surface area contributed by atoms with Crippen molar-refractivity contribution in [2.24, 2.45) is 0 Å². The van der Waals surface area contributed by atoms with Gasteiger partial charge in [0, 0.05) is 0 Å². The Bertz CT molecular complexity index is 403.